The van der Waals surface area contributed by atoms with E-state index in [2.05, 4.69) is 12.2 Å². The molecule has 2 atom stereocenters. The second kappa shape index (κ2) is 4.36. The Morgan fingerprint density at radius 2 is 1.76 bits per heavy atom. The Kier molecular flexibility index (Phi) is 2.71. The van der Waals surface area contributed by atoms with Gasteiger partial charge in [-0.05, 0) is 30.2 Å². The van der Waals surface area contributed by atoms with Gasteiger partial charge in [0.25, 0.3) is 0 Å². The molecule has 2 aliphatic carbocycles. The van der Waals surface area contributed by atoms with E-state index in [4.69, 9.17) is 4.74 Å². The first-order valence-electron chi connectivity index (χ1n) is 6.23. The number of benzene rings is 1. The van der Waals surface area contributed by atoms with Crippen molar-refractivity contribution in [2.75, 3.05) is 0 Å². The van der Waals surface area contributed by atoms with Gasteiger partial charge in [0.15, 0.2) is 0 Å². The lowest BCUT2D eigenvalue weighted by Crippen LogP contribution is -2.22. The van der Waals surface area contributed by atoms with Crippen LogP contribution in [0.1, 0.15) is 18.4 Å². The highest BCUT2D eigenvalue weighted by Gasteiger charge is 2.43. The monoisotopic (exact) mass is 228 g/mol. The zero-order chi connectivity index (χ0) is 11.7. The SMILES string of the molecule is O=C(OCc1ccccc1)C1C2C=CC1CC2. The van der Waals surface area contributed by atoms with E-state index < -0.39 is 0 Å². The predicted molar refractivity (Wildman–Crippen MR) is 65.1 cm³/mol. The number of ether oxygens (including phenoxy) is 1. The van der Waals surface area contributed by atoms with E-state index in [-0.39, 0.29) is 11.9 Å². The molecule has 0 N–H and O–H groups in total. The molecule has 0 aliphatic heterocycles. The third kappa shape index (κ3) is 1.99. The first kappa shape index (κ1) is 10.6. The van der Waals surface area contributed by atoms with Crippen molar-refractivity contribution in [3.8, 4) is 0 Å². The molecule has 0 amide bonds. The average Bonchev–Trinajstić information content (AvgIpc) is 2.97. The van der Waals surface area contributed by atoms with Gasteiger partial charge in [0.05, 0.1) is 5.92 Å². The Balaban J connectivity index is 1.58. The van der Waals surface area contributed by atoms with E-state index in [1.54, 1.807) is 0 Å². The van der Waals surface area contributed by atoms with Gasteiger partial charge in [-0.25, -0.2) is 0 Å². The molecule has 0 radical (unpaired) electrons. The van der Waals surface area contributed by atoms with Crippen LogP contribution >= 0.6 is 0 Å². The number of rotatable bonds is 3. The van der Waals surface area contributed by atoms with Gasteiger partial charge in [-0.2, -0.15) is 0 Å². The van der Waals surface area contributed by atoms with Crippen molar-refractivity contribution in [1.29, 1.82) is 0 Å². The summed E-state index contributed by atoms with van der Waals surface area (Å²) in [6, 6.07) is 9.85. The van der Waals surface area contributed by atoms with Crippen molar-refractivity contribution in [2.24, 2.45) is 17.8 Å². The van der Waals surface area contributed by atoms with Crippen LogP contribution in [0, 0.1) is 17.8 Å². The highest BCUT2D eigenvalue weighted by Crippen LogP contribution is 2.44. The molecule has 88 valence electrons. The zero-order valence-electron chi connectivity index (χ0n) is 9.71. The van der Waals surface area contributed by atoms with Crippen LogP contribution < -0.4 is 0 Å². The molecule has 1 fully saturated rings. The van der Waals surface area contributed by atoms with E-state index in [0.717, 1.165) is 18.4 Å². The number of esters is 1. The van der Waals surface area contributed by atoms with Crippen molar-refractivity contribution < 1.29 is 9.53 Å². The molecule has 0 aromatic heterocycles. The normalized spacial score (nSPS) is 29.5. The minimum Gasteiger partial charge on any atom is -0.461 e. The summed E-state index contributed by atoms with van der Waals surface area (Å²) in [6.45, 7) is 0.398. The third-order valence-corrected chi connectivity index (χ3v) is 3.86. The van der Waals surface area contributed by atoms with Crippen LogP contribution in [0.25, 0.3) is 0 Å². The Bertz CT molecular complexity index is 421. The van der Waals surface area contributed by atoms with Crippen LogP contribution in [0.5, 0.6) is 0 Å². The molecular formula is C15H16O2. The van der Waals surface area contributed by atoms with Gasteiger partial charge in [-0.15, -0.1) is 0 Å². The number of carbonyl (C=O) groups excluding carboxylic acids is 1. The predicted octanol–water partition coefficient (Wildman–Crippen LogP) is 2.94. The van der Waals surface area contributed by atoms with Crippen LogP contribution in [-0.2, 0) is 16.1 Å². The van der Waals surface area contributed by atoms with E-state index in [0.29, 0.717) is 18.4 Å². The van der Waals surface area contributed by atoms with Crippen LogP contribution in [0.4, 0.5) is 0 Å². The second-order valence-electron chi connectivity index (χ2n) is 4.91. The van der Waals surface area contributed by atoms with Crippen LogP contribution in [0.15, 0.2) is 42.5 Å². The number of fused-ring (bicyclic) bond motifs is 2. The molecule has 2 unspecified atom stereocenters. The lowest BCUT2D eigenvalue weighted by Gasteiger charge is -2.14. The highest BCUT2D eigenvalue weighted by molar-refractivity contribution is 5.75. The molecule has 1 aromatic rings. The van der Waals surface area contributed by atoms with Gasteiger partial charge in [0, 0.05) is 0 Å². The standard InChI is InChI=1S/C15H16O2/c16-15(14-12-6-7-13(14)9-8-12)17-10-11-4-2-1-3-5-11/h1-7,12-14H,8-10H2. The van der Waals surface area contributed by atoms with Gasteiger partial charge in [-0.3, -0.25) is 4.79 Å². The van der Waals surface area contributed by atoms with E-state index in [1.165, 1.54) is 0 Å². The molecule has 2 bridgehead atoms. The smallest absolute Gasteiger partial charge is 0.310 e. The zero-order valence-corrected chi connectivity index (χ0v) is 9.71. The Labute approximate surface area is 101 Å². The third-order valence-electron chi connectivity index (χ3n) is 3.86. The lowest BCUT2D eigenvalue weighted by atomic mass is 9.97. The molecule has 2 aliphatic rings. The lowest BCUT2D eigenvalue weighted by molar-refractivity contribution is -0.151. The number of carbonyl (C=O) groups is 1. The van der Waals surface area contributed by atoms with Gasteiger partial charge < -0.3 is 4.74 Å². The van der Waals surface area contributed by atoms with Crippen molar-refractivity contribution in [1.82, 2.24) is 0 Å². The maximum absolute atomic E-state index is 12.0. The first-order valence-corrected chi connectivity index (χ1v) is 6.23. The fourth-order valence-electron chi connectivity index (χ4n) is 2.95. The molecule has 0 heterocycles. The molecular weight excluding hydrogens is 212 g/mol. The van der Waals surface area contributed by atoms with Crippen molar-refractivity contribution in [3.63, 3.8) is 0 Å². The largest absolute Gasteiger partial charge is 0.461 e. The minimum absolute atomic E-state index is 0.0219. The summed E-state index contributed by atoms with van der Waals surface area (Å²) in [6.07, 6.45) is 6.66. The molecule has 1 aromatic carbocycles. The highest BCUT2D eigenvalue weighted by atomic mass is 16.5. The van der Waals surface area contributed by atoms with Gasteiger partial charge in [-0.1, -0.05) is 42.5 Å². The molecule has 0 saturated heterocycles. The molecule has 1 saturated carbocycles. The van der Waals surface area contributed by atoms with Crippen LogP contribution in [0.3, 0.4) is 0 Å². The fourth-order valence-corrected chi connectivity index (χ4v) is 2.95. The van der Waals surface area contributed by atoms with Crippen LogP contribution in [0.2, 0.25) is 0 Å². The van der Waals surface area contributed by atoms with Crippen molar-refractivity contribution >= 4 is 5.97 Å². The van der Waals surface area contributed by atoms with E-state index in [9.17, 15) is 4.79 Å². The fraction of sp³-hybridized carbons (Fsp3) is 0.400. The van der Waals surface area contributed by atoms with Gasteiger partial charge in [0.1, 0.15) is 6.61 Å². The van der Waals surface area contributed by atoms with E-state index in [1.807, 2.05) is 30.3 Å². The van der Waals surface area contributed by atoms with Crippen LogP contribution in [-0.4, -0.2) is 5.97 Å². The number of hydrogen-bond acceptors (Lipinski definition) is 2. The average molecular weight is 228 g/mol. The molecule has 3 rings (SSSR count). The summed E-state index contributed by atoms with van der Waals surface area (Å²) >= 11 is 0. The minimum atomic E-state index is -0.0219. The Morgan fingerprint density at radius 1 is 1.12 bits per heavy atom. The summed E-state index contributed by atoms with van der Waals surface area (Å²) in [7, 11) is 0. The maximum Gasteiger partial charge on any atom is 0.310 e. The Hall–Kier alpha value is -1.57. The summed E-state index contributed by atoms with van der Waals surface area (Å²) in [5.74, 6) is 0.941. The second-order valence-corrected chi connectivity index (χ2v) is 4.91. The number of hydrogen-bond donors (Lipinski definition) is 0. The maximum atomic E-state index is 12.0. The van der Waals surface area contributed by atoms with Gasteiger partial charge >= 0.3 is 5.97 Å². The summed E-state index contributed by atoms with van der Waals surface area (Å²) in [4.78, 5) is 12.0. The van der Waals surface area contributed by atoms with Gasteiger partial charge in [0.2, 0.25) is 0 Å². The first-order chi connectivity index (χ1) is 8.34. The van der Waals surface area contributed by atoms with Crippen molar-refractivity contribution in [2.45, 2.75) is 19.4 Å². The topological polar surface area (TPSA) is 26.3 Å². The number of allylic oxidation sites excluding steroid dienone is 2. The summed E-state index contributed by atoms with van der Waals surface area (Å²) in [5.41, 5.74) is 1.05. The molecule has 17 heavy (non-hydrogen) atoms. The molecule has 0 spiro atoms. The summed E-state index contributed by atoms with van der Waals surface area (Å²) in [5, 5.41) is 0. The molecule has 2 heteroatoms. The summed E-state index contributed by atoms with van der Waals surface area (Å²) < 4.78 is 5.41. The van der Waals surface area contributed by atoms with E-state index >= 15 is 0 Å². The quantitative estimate of drug-likeness (QED) is 0.587. The Morgan fingerprint density at radius 3 is 2.35 bits per heavy atom. The van der Waals surface area contributed by atoms with Crippen molar-refractivity contribution in [3.05, 3.63) is 48.0 Å². The molecule has 2 nitrogen and oxygen atoms in total.